The lowest BCUT2D eigenvalue weighted by Crippen LogP contribution is -2.07. The molecule has 90 valence electrons. The van der Waals surface area contributed by atoms with Gasteiger partial charge in [0.1, 0.15) is 5.82 Å². The van der Waals surface area contributed by atoms with Gasteiger partial charge in [-0.25, -0.2) is 4.98 Å². The van der Waals surface area contributed by atoms with E-state index in [-0.39, 0.29) is 6.42 Å². The molecule has 1 aromatic rings. The number of nitrogens with zero attached hydrogens (tertiary/aromatic N) is 2. The molecule has 4 heteroatoms. The van der Waals surface area contributed by atoms with Crippen LogP contribution in [0.5, 0.6) is 0 Å². The van der Waals surface area contributed by atoms with Gasteiger partial charge in [0.05, 0.1) is 12.1 Å². The van der Waals surface area contributed by atoms with Gasteiger partial charge in [-0.3, -0.25) is 4.79 Å². The number of carboxylic acids is 1. The summed E-state index contributed by atoms with van der Waals surface area (Å²) in [7, 11) is 1.97. The maximum atomic E-state index is 10.5. The van der Waals surface area contributed by atoms with Crippen molar-refractivity contribution in [1.29, 1.82) is 0 Å². The third-order valence-corrected chi connectivity index (χ3v) is 2.67. The zero-order valence-electron chi connectivity index (χ0n) is 10.4. The molecule has 0 saturated heterocycles. The molecule has 0 radical (unpaired) electrons. The van der Waals surface area contributed by atoms with E-state index in [2.05, 4.69) is 18.8 Å². The second-order valence-corrected chi connectivity index (χ2v) is 4.61. The normalized spacial score (nSPS) is 11.1. The molecule has 1 heterocycles. The molecule has 0 aliphatic heterocycles. The lowest BCUT2D eigenvalue weighted by atomic mass is 10.1. The largest absolute Gasteiger partial charge is 0.481 e. The van der Waals surface area contributed by atoms with Gasteiger partial charge in [0.25, 0.3) is 0 Å². The van der Waals surface area contributed by atoms with E-state index in [4.69, 9.17) is 5.11 Å². The number of aromatic nitrogens is 2. The Morgan fingerprint density at radius 1 is 1.50 bits per heavy atom. The van der Waals surface area contributed by atoms with Gasteiger partial charge in [-0.2, -0.15) is 0 Å². The van der Waals surface area contributed by atoms with Crippen LogP contribution in [0.3, 0.4) is 0 Å². The fourth-order valence-corrected chi connectivity index (χ4v) is 1.85. The summed E-state index contributed by atoms with van der Waals surface area (Å²) in [5.74, 6) is 0.683. The Morgan fingerprint density at radius 2 is 2.12 bits per heavy atom. The summed E-state index contributed by atoms with van der Waals surface area (Å²) in [6, 6.07) is 0. The maximum absolute atomic E-state index is 10.5. The molecule has 0 saturated carbocycles. The zero-order valence-corrected chi connectivity index (χ0v) is 10.4. The van der Waals surface area contributed by atoms with Crippen LogP contribution in [0.15, 0.2) is 0 Å². The SMILES string of the molecule is Cc1nc(CCC(=O)O)n(C)c1CC(C)C. The molecular formula is C12H20N2O2. The first-order valence-corrected chi connectivity index (χ1v) is 5.64. The quantitative estimate of drug-likeness (QED) is 0.831. The van der Waals surface area contributed by atoms with Crippen molar-refractivity contribution < 1.29 is 9.90 Å². The van der Waals surface area contributed by atoms with Crippen molar-refractivity contribution in [2.75, 3.05) is 0 Å². The van der Waals surface area contributed by atoms with Gasteiger partial charge in [0.2, 0.25) is 0 Å². The standard InChI is InChI=1S/C12H20N2O2/c1-8(2)7-10-9(3)13-11(14(10)4)5-6-12(15)16/h8H,5-7H2,1-4H3,(H,15,16). The van der Waals surface area contributed by atoms with E-state index in [1.165, 1.54) is 5.69 Å². The smallest absolute Gasteiger partial charge is 0.303 e. The summed E-state index contributed by atoms with van der Waals surface area (Å²) in [5.41, 5.74) is 2.24. The van der Waals surface area contributed by atoms with Crippen molar-refractivity contribution >= 4 is 5.97 Å². The van der Waals surface area contributed by atoms with Crippen molar-refractivity contribution in [2.45, 2.75) is 40.0 Å². The highest BCUT2D eigenvalue weighted by Gasteiger charge is 2.13. The van der Waals surface area contributed by atoms with Gasteiger partial charge in [-0.15, -0.1) is 0 Å². The van der Waals surface area contributed by atoms with E-state index in [9.17, 15) is 4.79 Å². The van der Waals surface area contributed by atoms with E-state index >= 15 is 0 Å². The van der Waals surface area contributed by atoms with Crippen LogP contribution in [0.25, 0.3) is 0 Å². The fourth-order valence-electron chi connectivity index (χ4n) is 1.85. The summed E-state index contributed by atoms with van der Waals surface area (Å²) in [6.45, 7) is 6.33. The molecule has 1 N–H and O–H groups in total. The van der Waals surface area contributed by atoms with Crippen molar-refractivity contribution in [1.82, 2.24) is 9.55 Å². The Hall–Kier alpha value is -1.32. The Kier molecular flexibility index (Phi) is 4.10. The minimum atomic E-state index is -0.772. The number of carboxylic acid groups (broad SMARTS) is 1. The zero-order chi connectivity index (χ0) is 12.3. The Bertz CT molecular complexity index is 381. The topological polar surface area (TPSA) is 55.1 Å². The molecule has 1 aromatic heterocycles. The molecule has 0 unspecified atom stereocenters. The molecular weight excluding hydrogens is 204 g/mol. The summed E-state index contributed by atoms with van der Waals surface area (Å²) in [4.78, 5) is 15.0. The second-order valence-electron chi connectivity index (χ2n) is 4.61. The van der Waals surface area contributed by atoms with E-state index < -0.39 is 5.97 Å². The van der Waals surface area contributed by atoms with Crippen LogP contribution in [0.4, 0.5) is 0 Å². The number of aliphatic carboxylic acids is 1. The number of imidazole rings is 1. The molecule has 0 amide bonds. The molecule has 4 nitrogen and oxygen atoms in total. The van der Waals surface area contributed by atoms with Gasteiger partial charge in [0.15, 0.2) is 0 Å². The van der Waals surface area contributed by atoms with Crippen LogP contribution in [-0.2, 0) is 24.7 Å². The molecule has 0 atom stereocenters. The van der Waals surface area contributed by atoms with E-state index in [0.717, 1.165) is 17.9 Å². The molecule has 0 fully saturated rings. The third-order valence-electron chi connectivity index (χ3n) is 2.67. The average Bonchev–Trinajstić information content (AvgIpc) is 2.42. The van der Waals surface area contributed by atoms with Crippen LogP contribution >= 0.6 is 0 Å². The van der Waals surface area contributed by atoms with Crippen LogP contribution in [0.1, 0.15) is 37.5 Å². The van der Waals surface area contributed by atoms with Crippen LogP contribution in [0.2, 0.25) is 0 Å². The van der Waals surface area contributed by atoms with E-state index in [1.54, 1.807) is 0 Å². The minimum absolute atomic E-state index is 0.144. The average molecular weight is 224 g/mol. The summed E-state index contributed by atoms with van der Waals surface area (Å²) in [6.07, 6.45) is 1.64. The highest BCUT2D eigenvalue weighted by molar-refractivity contribution is 5.66. The van der Waals surface area contributed by atoms with Crippen molar-refractivity contribution in [3.8, 4) is 0 Å². The lowest BCUT2D eigenvalue weighted by Gasteiger charge is -2.08. The number of carbonyl (C=O) groups is 1. The Balaban J connectivity index is 2.84. The minimum Gasteiger partial charge on any atom is -0.481 e. The van der Waals surface area contributed by atoms with E-state index in [1.807, 2.05) is 18.5 Å². The first-order valence-electron chi connectivity index (χ1n) is 5.64. The summed E-state index contributed by atoms with van der Waals surface area (Å²) >= 11 is 0. The molecule has 0 spiro atoms. The predicted molar refractivity (Wildman–Crippen MR) is 62.4 cm³/mol. The Morgan fingerprint density at radius 3 is 2.62 bits per heavy atom. The summed E-state index contributed by atoms with van der Waals surface area (Å²) in [5, 5.41) is 8.65. The third kappa shape index (κ3) is 3.08. The number of rotatable bonds is 5. The fraction of sp³-hybridized carbons (Fsp3) is 0.667. The van der Waals surface area contributed by atoms with Crippen LogP contribution in [-0.4, -0.2) is 20.6 Å². The second kappa shape index (κ2) is 5.14. The van der Waals surface area contributed by atoms with Crippen LogP contribution in [0, 0.1) is 12.8 Å². The monoisotopic (exact) mass is 224 g/mol. The molecule has 0 bridgehead atoms. The van der Waals surface area contributed by atoms with Crippen LogP contribution < -0.4 is 0 Å². The first-order chi connectivity index (χ1) is 7.41. The molecule has 0 aliphatic carbocycles. The number of aryl methyl sites for hydroxylation is 2. The highest BCUT2D eigenvalue weighted by atomic mass is 16.4. The molecule has 1 rings (SSSR count). The highest BCUT2D eigenvalue weighted by Crippen LogP contribution is 2.15. The predicted octanol–water partition coefficient (Wildman–Crippen LogP) is 1.94. The van der Waals surface area contributed by atoms with Gasteiger partial charge < -0.3 is 9.67 Å². The van der Waals surface area contributed by atoms with Crippen molar-refractivity contribution in [2.24, 2.45) is 13.0 Å². The summed E-state index contributed by atoms with van der Waals surface area (Å²) < 4.78 is 2.04. The molecule has 0 aliphatic rings. The molecule has 16 heavy (non-hydrogen) atoms. The number of hydrogen-bond donors (Lipinski definition) is 1. The van der Waals surface area contributed by atoms with Gasteiger partial charge in [-0.1, -0.05) is 13.8 Å². The van der Waals surface area contributed by atoms with Gasteiger partial charge in [0, 0.05) is 19.2 Å². The van der Waals surface area contributed by atoms with Gasteiger partial charge >= 0.3 is 5.97 Å². The molecule has 0 aromatic carbocycles. The van der Waals surface area contributed by atoms with Gasteiger partial charge in [-0.05, 0) is 19.3 Å². The maximum Gasteiger partial charge on any atom is 0.303 e. The number of hydrogen-bond acceptors (Lipinski definition) is 2. The van der Waals surface area contributed by atoms with Crippen molar-refractivity contribution in [3.63, 3.8) is 0 Å². The lowest BCUT2D eigenvalue weighted by molar-refractivity contribution is -0.137. The van der Waals surface area contributed by atoms with E-state index in [0.29, 0.717) is 12.3 Å². The Labute approximate surface area is 96.3 Å². The first kappa shape index (κ1) is 12.7. The van der Waals surface area contributed by atoms with Crippen molar-refractivity contribution in [3.05, 3.63) is 17.2 Å².